The molecule has 0 bridgehead atoms. The lowest BCUT2D eigenvalue weighted by molar-refractivity contribution is -0.0153. The molecule has 1 aromatic heterocycles. The van der Waals surface area contributed by atoms with Gasteiger partial charge in [0.05, 0.1) is 30.4 Å². The van der Waals surface area contributed by atoms with Gasteiger partial charge in [-0.1, -0.05) is 0 Å². The van der Waals surface area contributed by atoms with Crippen molar-refractivity contribution in [2.75, 3.05) is 17.7 Å². The van der Waals surface area contributed by atoms with Crippen LogP contribution in [0.5, 0.6) is 0 Å². The minimum atomic E-state index is -1.12. The summed E-state index contributed by atoms with van der Waals surface area (Å²) in [5, 5.41) is 31.3. The Bertz CT molecular complexity index is 429. The molecule has 4 atom stereocenters. The van der Waals surface area contributed by atoms with E-state index in [-0.39, 0.29) is 6.61 Å². The van der Waals surface area contributed by atoms with Crippen molar-refractivity contribution in [3.05, 3.63) is 18.0 Å². The molecule has 0 unspecified atom stereocenters. The van der Waals surface area contributed by atoms with Crippen molar-refractivity contribution in [1.82, 2.24) is 4.98 Å². The molecule has 2 heterocycles. The summed E-state index contributed by atoms with van der Waals surface area (Å²) in [4.78, 5) is 3.93. The van der Waals surface area contributed by atoms with E-state index in [4.69, 9.17) is 15.6 Å². The molecule has 0 saturated carbocycles. The molecule has 1 aliphatic rings. The molecule has 1 aromatic rings. The topological polar surface area (TPSA) is 121 Å². The molecule has 100 valence electrons. The fourth-order valence-electron chi connectivity index (χ4n) is 1.86. The number of hydrogen-bond acceptors (Lipinski definition) is 7. The predicted molar refractivity (Wildman–Crippen MR) is 64.8 cm³/mol. The molecule has 2 rings (SSSR count). The summed E-state index contributed by atoms with van der Waals surface area (Å²) < 4.78 is 5.30. The summed E-state index contributed by atoms with van der Waals surface area (Å²) in [6.45, 7) is 1.45. The maximum Gasteiger partial charge on any atom is 0.157 e. The first-order chi connectivity index (χ1) is 8.54. The second-order valence-corrected chi connectivity index (χ2v) is 4.30. The van der Waals surface area contributed by atoms with Crippen LogP contribution < -0.4 is 11.1 Å². The Morgan fingerprint density at radius 3 is 2.72 bits per heavy atom. The number of rotatable bonds is 3. The number of ether oxygens (including phenoxy) is 1. The highest BCUT2D eigenvalue weighted by molar-refractivity contribution is 5.60. The zero-order chi connectivity index (χ0) is 13.3. The number of anilines is 2. The Labute approximate surface area is 104 Å². The van der Waals surface area contributed by atoms with E-state index in [1.807, 2.05) is 0 Å². The van der Waals surface area contributed by atoms with Gasteiger partial charge in [0.15, 0.2) is 6.23 Å². The van der Waals surface area contributed by atoms with E-state index in [0.29, 0.717) is 11.4 Å². The van der Waals surface area contributed by atoms with E-state index in [2.05, 4.69) is 10.3 Å². The molecule has 6 N–H and O–H groups in total. The van der Waals surface area contributed by atoms with Gasteiger partial charge in [0.2, 0.25) is 0 Å². The van der Waals surface area contributed by atoms with E-state index >= 15 is 0 Å². The van der Waals surface area contributed by atoms with Gasteiger partial charge in [-0.15, -0.1) is 0 Å². The van der Waals surface area contributed by atoms with Crippen LogP contribution in [-0.4, -0.2) is 51.5 Å². The summed E-state index contributed by atoms with van der Waals surface area (Å²) in [6.07, 6.45) is -0.769. The van der Waals surface area contributed by atoms with Crippen molar-refractivity contribution in [2.24, 2.45) is 0 Å². The molecule has 1 fully saturated rings. The third-order valence-corrected chi connectivity index (χ3v) is 3.09. The summed E-state index contributed by atoms with van der Waals surface area (Å²) >= 11 is 0. The quantitative estimate of drug-likeness (QED) is 0.461. The van der Waals surface area contributed by atoms with Crippen LogP contribution in [0.4, 0.5) is 11.4 Å². The Balaban J connectivity index is 2.13. The van der Waals surface area contributed by atoms with Crippen molar-refractivity contribution in [2.45, 2.75) is 31.5 Å². The van der Waals surface area contributed by atoms with E-state index in [1.165, 1.54) is 6.20 Å². The summed E-state index contributed by atoms with van der Waals surface area (Å²) in [5.74, 6) is 0. The van der Waals surface area contributed by atoms with Crippen molar-refractivity contribution in [1.29, 1.82) is 0 Å². The van der Waals surface area contributed by atoms with E-state index in [1.54, 1.807) is 13.1 Å². The van der Waals surface area contributed by atoms with E-state index in [0.717, 1.165) is 5.56 Å². The number of nitrogens with two attached hydrogens (primary N) is 1. The van der Waals surface area contributed by atoms with Crippen LogP contribution in [0.2, 0.25) is 0 Å². The number of aliphatic hydroxyl groups excluding tert-OH is 3. The Hall–Kier alpha value is -1.41. The van der Waals surface area contributed by atoms with Gasteiger partial charge in [-0.25, -0.2) is 0 Å². The molecule has 1 aliphatic heterocycles. The summed E-state index contributed by atoms with van der Waals surface area (Å²) in [7, 11) is 0. The molecule has 0 aromatic carbocycles. The first-order valence-corrected chi connectivity index (χ1v) is 5.63. The molecule has 0 spiro atoms. The Morgan fingerprint density at radius 1 is 1.39 bits per heavy atom. The molecular weight excluding hydrogens is 238 g/mol. The second kappa shape index (κ2) is 5.07. The van der Waals surface area contributed by atoms with Crippen LogP contribution in [-0.2, 0) is 4.74 Å². The standard InChI is InChI=1S/C11H17N3O4/c1-5-6(12)2-13-3-7(5)14-11-10(17)9(16)8(4-15)18-11/h2-3,8-11,14-17H,4,12H2,1H3/t8-,9-,10-,11-/m1/s1. The second-order valence-electron chi connectivity index (χ2n) is 4.30. The zero-order valence-corrected chi connectivity index (χ0v) is 9.95. The maximum absolute atomic E-state index is 9.78. The van der Waals surface area contributed by atoms with Crippen LogP contribution in [0.3, 0.4) is 0 Å². The fraction of sp³-hybridized carbons (Fsp3) is 0.545. The minimum absolute atomic E-state index is 0.357. The van der Waals surface area contributed by atoms with Gasteiger partial charge in [0.25, 0.3) is 0 Å². The first-order valence-electron chi connectivity index (χ1n) is 5.63. The van der Waals surface area contributed by atoms with Gasteiger partial charge in [-0.05, 0) is 12.5 Å². The van der Waals surface area contributed by atoms with Gasteiger partial charge in [0, 0.05) is 0 Å². The van der Waals surface area contributed by atoms with Crippen molar-refractivity contribution in [3.63, 3.8) is 0 Å². The largest absolute Gasteiger partial charge is 0.397 e. The molecule has 1 saturated heterocycles. The van der Waals surface area contributed by atoms with Crippen LogP contribution in [0.25, 0.3) is 0 Å². The zero-order valence-electron chi connectivity index (χ0n) is 9.95. The number of nitrogen functional groups attached to an aromatic ring is 1. The molecule has 7 heteroatoms. The average Bonchev–Trinajstić information content (AvgIpc) is 2.63. The van der Waals surface area contributed by atoms with Crippen LogP contribution >= 0.6 is 0 Å². The number of nitrogens with one attached hydrogen (secondary N) is 1. The lowest BCUT2D eigenvalue weighted by Crippen LogP contribution is -2.36. The molecule has 7 nitrogen and oxygen atoms in total. The normalized spacial score (nSPS) is 31.6. The lowest BCUT2D eigenvalue weighted by Gasteiger charge is -2.19. The number of hydrogen-bond donors (Lipinski definition) is 5. The van der Waals surface area contributed by atoms with E-state index in [9.17, 15) is 10.2 Å². The Morgan fingerprint density at radius 2 is 2.11 bits per heavy atom. The van der Waals surface area contributed by atoms with Crippen molar-refractivity contribution >= 4 is 11.4 Å². The van der Waals surface area contributed by atoms with Crippen molar-refractivity contribution < 1.29 is 20.1 Å². The highest BCUT2D eigenvalue weighted by Gasteiger charge is 2.42. The molecule has 0 amide bonds. The molecular formula is C11H17N3O4. The predicted octanol–water partition coefficient (Wildman–Crippen LogP) is -1.18. The number of nitrogens with zero attached hydrogens (tertiary/aromatic N) is 1. The monoisotopic (exact) mass is 255 g/mol. The van der Waals surface area contributed by atoms with E-state index < -0.39 is 24.5 Å². The summed E-state index contributed by atoms with van der Waals surface area (Å²) in [6, 6.07) is 0. The number of aliphatic hydroxyl groups is 3. The highest BCUT2D eigenvalue weighted by Crippen LogP contribution is 2.25. The van der Waals surface area contributed by atoms with Crippen LogP contribution in [0.1, 0.15) is 5.56 Å². The Kier molecular flexibility index (Phi) is 3.67. The lowest BCUT2D eigenvalue weighted by atomic mass is 10.1. The third-order valence-electron chi connectivity index (χ3n) is 3.09. The minimum Gasteiger partial charge on any atom is -0.397 e. The smallest absolute Gasteiger partial charge is 0.157 e. The van der Waals surface area contributed by atoms with Gasteiger partial charge in [-0.2, -0.15) is 0 Å². The SMILES string of the molecule is Cc1c(N)cncc1N[C@@H]1O[C@H](CO)[C@@H](O)[C@H]1O. The first kappa shape index (κ1) is 13.0. The van der Waals surface area contributed by atoms with Gasteiger partial charge in [0.1, 0.15) is 18.3 Å². The average molecular weight is 255 g/mol. The van der Waals surface area contributed by atoms with Crippen LogP contribution in [0, 0.1) is 6.92 Å². The molecule has 0 radical (unpaired) electrons. The maximum atomic E-state index is 9.78. The molecule has 18 heavy (non-hydrogen) atoms. The van der Waals surface area contributed by atoms with Gasteiger partial charge < -0.3 is 31.1 Å². The van der Waals surface area contributed by atoms with Gasteiger partial charge >= 0.3 is 0 Å². The highest BCUT2D eigenvalue weighted by atomic mass is 16.6. The van der Waals surface area contributed by atoms with Gasteiger partial charge in [-0.3, -0.25) is 4.98 Å². The molecule has 0 aliphatic carbocycles. The summed E-state index contributed by atoms with van der Waals surface area (Å²) in [5.41, 5.74) is 7.63. The third kappa shape index (κ3) is 2.25. The number of pyridine rings is 1. The van der Waals surface area contributed by atoms with Crippen LogP contribution in [0.15, 0.2) is 12.4 Å². The van der Waals surface area contributed by atoms with Crippen molar-refractivity contribution in [3.8, 4) is 0 Å². The number of aromatic nitrogens is 1. The fourth-order valence-corrected chi connectivity index (χ4v) is 1.86.